The number of para-hydroxylation sites is 2. The third-order valence-electron chi connectivity index (χ3n) is 3.37. The van der Waals surface area contributed by atoms with Gasteiger partial charge in [-0.05, 0) is 41.6 Å². The van der Waals surface area contributed by atoms with Crippen LogP contribution in [0.15, 0.2) is 57.0 Å². The van der Waals surface area contributed by atoms with Gasteiger partial charge in [0, 0.05) is 11.0 Å². The van der Waals surface area contributed by atoms with E-state index < -0.39 is 10.9 Å². The van der Waals surface area contributed by atoms with Crippen LogP contribution >= 0.6 is 11.8 Å². The Labute approximate surface area is 151 Å². The fraction of sp³-hybridized carbons (Fsp3) is 0.0588. The summed E-state index contributed by atoms with van der Waals surface area (Å²) >= 11 is 0.762. The molecule has 132 valence electrons. The number of nitro groups is 1. The van der Waals surface area contributed by atoms with E-state index in [9.17, 15) is 20.0 Å². The summed E-state index contributed by atoms with van der Waals surface area (Å²) in [4.78, 5) is 25.9. The van der Waals surface area contributed by atoms with Gasteiger partial charge in [0.05, 0.1) is 18.0 Å². The normalized spacial score (nSPS) is 11.5. The summed E-state index contributed by atoms with van der Waals surface area (Å²) in [5.74, 6) is -1.37. The van der Waals surface area contributed by atoms with Gasteiger partial charge in [-0.2, -0.15) is 0 Å². The van der Waals surface area contributed by atoms with Gasteiger partial charge in [-0.3, -0.25) is 10.1 Å². The molecular formula is C17H11N2O6S-. The molecule has 0 aliphatic rings. The Kier molecular flexibility index (Phi) is 4.90. The number of carboxylic acid groups (broad SMARTS) is 1. The molecular weight excluding hydrogens is 360 g/mol. The summed E-state index contributed by atoms with van der Waals surface area (Å²) < 4.78 is 10.4. The fourth-order valence-corrected chi connectivity index (χ4v) is 2.95. The van der Waals surface area contributed by atoms with Gasteiger partial charge in [0.15, 0.2) is 11.3 Å². The Bertz CT molecular complexity index is 994. The summed E-state index contributed by atoms with van der Waals surface area (Å²) in [7, 11) is 1.31. The highest BCUT2D eigenvalue weighted by Crippen LogP contribution is 2.32. The smallest absolute Gasteiger partial charge is 0.311 e. The molecule has 0 amide bonds. The Hall–Kier alpha value is -3.33. The number of carbonyl (C=O) groups excluding carboxylic acids is 1. The number of aliphatic carboxylic acids is 1. The molecule has 0 aliphatic heterocycles. The van der Waals surface area contributed by atoms with E-state index in [1.54, 1.807) is 24.3 Å². The monoisotopic (exact) mass is 371 g/mol. The predicted molar refractivity (Wildman–Crippen MR) is 92.5 cm³/mol. The topological polar surface area (TPSA) is 119 Å². The van der Waals surface area contributed by atoms with Crippen molar-refractivity contribution >= 4 is 40.6 Å². The molecule has 9 heteroatoms. The van der Waals surface area contributed by atoms with Crippen LogP contribution in [0.2, 0.25) is 0 Å². The van der Waals surface area contributed by atoms with Gasteiger partial charge in [-0.15, -0.1) is 0 Å². The van der Waals surface area contributed by atoms with Crippen LogP contribution in [0.4, 0.5) is 5.69 Å². The number of nitro benzene ring substituents is 1. The first-order chi connectivity index (χ1) is 12.5. The van der Waals surface area contributed by atoms with Gasteiger partial charge in [0.2, 0.25) is 0 Å². The van der Waals surface area contributed by atoms with Crippen LogP contribution in [-0.2, 0) is 4.79 Å². The van der Waals surface area contributed by atoms with E-state index >= 15 is 0 Å². The van der Waals surface area contributed by atoms with E-state index in [1.165, 1.54) is 31.4 Å². The molecule has 0 saturated heterocycles. The van der Waals surface area contributed by atoms with Crippen molar-refractivity contribution in [1.29, 1.82) is 0 Å². The molecule has 0 radical (unpaired) electrons. The Morgan fingerprint density at radius 3 is 2.73 bits per heavy atom. The number of nitrogens with zero attached hydrogens (tertiary/aromatic N) is 2. The van der Waals surface area contributed by atoms with Gasteiger partial charge in [-0.25, -0.2) is 4.98 Å². The Morgan fingerprint density at radius 2 is 2.08 bits per heavy atom. The predicted octanol–water partition coefficient (Wildman–Crippen LogP) is 2.63. The lowest BCUT2D eigenvalue weighted by atomic mass is 10.1. The minimum atomic E-state index is -1.45. The quantitative estimate of drug-likeness (QED) is 0.281. The maximum absolute atomic E-state index is 11.4. The number of hydrogen-bond donors (Lipinski definition) is 0. The summed E-state index contributed by atoms with van der Waals surface area (Å²) in [5.41, 5.74) is 1.15. The van der Waals surface area contributed by atoms with E-state index in [2.05, 4.69) is 4.98 Å². The average molecular weight is 371 g/mol. The summed E-state index contributed by atoms with van der Waals surface area (Å²) in [5, 5.41) is 22.7. The number of methoxy groups -OCH3 is 1. The van der Waals surface area contributed by atoms with Crippen molar-refractivity contribution < 1.29 is 24.0 Å². The lowest BCUT2D eigenvalue weighted by Gasteiger charge is -2.07. The van der Waals surface area contributed by atoms with Gasteiger partial charge in [0.1, 0.15) is 5.52 Å². The van der Waals surface area contributed by atoms with Gasteiger partial charge in [-0.1, -0.05) is 18.2 Å². The summed E-state index contributed by atoms with van der Waals surface area (Å²) in [6, 6.07) is 11.1. The standard InChI is InChI=1S/C17H12N2O6S/c1-24-14-7-6-10(8-12(14)19(22)23)9-15(16(20)21)26-17-18-11-4-2-3-5-13(11)25-17/h2-9H,1H3,(H,20,21)/p-1/b15-9+. The number of thioether (sulfide) groups is 1. The molecule has 0 atom stereocenters. The highest BCUT2D eigenvalue weighted by atomic mass is 32.2. The van der Waals surface area contributed by atoms with Crippen LogP contribution in [0.1, 0.15) is 5.56 Å². The largest absolute Gasteiger partial charge is 0.544 e. The molecule has 3 rings (SSSR count). The molecule has 1 aromatic heterocycles. The molecule has 0 spiro atoms. The van der Waals surface area contributed by atoms with Crippen LogP contribution in [0.5, 0.6) is 5.75 Å². The number of carboxylic acids is 1. The second-order valence-corrected chi connectivity index (χ2v) is 6.03. The number of benzene rings is 2. The molecule has 1 heterocycles. The second-order valence-electron chi connectivity index (χ2n) is 5.03. The number of oxazole rings is 1. The van der Waals surface area contributed by atoms with Gasteiger partial charge in [0.25, 0.3) is 5.22 Å². The number of carbonyl (C=O) groups is 1. The highest BCUT2D eigenvalue weighted by Gasteiger charge is 2.16. The molecule has 2 aromatic carbocycles. The van der Waals surface area contributed by atoms with Crippen molar-refractivity contribution in [2.45, 2.75) is 5.22 Å². The van der Waals surface area contributed by atoms with E-state index in [-0.39, 0.29) is 21.6 Å². The van der Waals surface area contributed by atoms with Crippen LogP contribution < -0.4 is 9.84 Å². The number of fused-ring (bicyclic) bond motifs is 1. The minimum absolute atomic E-state index is 0.0775. The van der Waals surface area contributed by atoms with Crippen molar-refractivity contribution in [1.82, 2.24) is 4.98 Å². The van der Waals surface area contributed by atoms with Crippen molar-refractivity contribution in [2.75, 3.05) is 7.11 Å². The molecule has 26 heavy (non-hydrogen) atoms. The van der Waals surface area contributed by atoms with E-state index in [0.717, 1.165) is 11.8 Å². The first kappa shape index (κ1) is 17.5. The number of hydrogen-bond acceptors (Lipinski definition) is 8. The van der Waals surface area contributed by atoms with Crippen LogP contribution in [0.25, 0.3) is 17.2 Å². The third-order valence-corrected chi connectivity index (χ3v) is 4.22. The molecule has 0 bridgehead atoms. The molecule has 0 aliphatic carbocycles. The molecule has 0 saturated carbocycles. The molecule has 8 nitrogen and oxygen atoms in total. The maximum atomic E-state index is 11.4. The van der Waals surface area contributed by atoms with Gasteiger partial charge >= 0.3 is 5.69 Å². The van der Waals surface area contributed by atoms with E-state index in [1.807, 2.05) is 0 Å². The summed E-state index contributed by atoms with van der Waals surface area (Å²) in [6.45, 7) is 0. The fourth-order valence-electron chi connectivity index (χ4n) is 2.21. The SMILES string of the molecule is COc1ccc(/C=C(/Sc2nc3ccccc3o2)C(=O)[O-])cc1[N+](=O)[O-]. The first-order valence-electron chi connectivity index (χ1n) is 7.27. The van der Waals surface area contributed by atoms with Crippen molar-refractivity contribution in [3.05, 3.63) is 63.0 Å². The minimum Gasteiger partial charge on any atom is -0.544 e. The maximum Gasteiger partial charge on any atom is 0.311 e. The molecule has 3 aromatic rings. The third kappa shape index (κ3) is 3.67. The second kappa shape index (κ2) is 7.28. The van der Waals surface area contributed by atoms with Crippen LogP contribution in [0, 0.1) is 10.1 Å². The van der Waals surface area contributed by atoms with E-state index in [4.69, 9.17) is 9.15 Å². The number of aromatic nitrogens is 1. The zero-order valence-corrected chi connectivity index (χ0v) is 14.2. The molecule has 0 N–H and O–H groups in total. The number of rotatable bonds is 6. The average Bonchev–Trinajstić information content (AvgIpc) is 3.03. The van der Waals surface area contributed by atoms with Crippen LogP contribution in [-0.4, -0.2) is 23.0 Å². The lowest BCUT2D eigenvalue weighted by molar-refractivity contribution is -0.385. The Morgan fingerprint density at radius 1 is 1.31 bits per heavy atom. The van der Waals surface area contributed by atoms with E-state index in [0.29, 0.717) is 16.7 Å². The van der Waals surface area contributed by atoms with Crippen LogP contribution in [0.3, 0.4) is 0 Å². The van der Waals surface area contributed by atoms with Crippen molar-refractivity contribution in [3.63, 3.8) is 0 Å². The van der Waals surface area contributed by atoms with Gasteiger partial charge < -0.3 is 19.1 Å². The molecule has 0 fully saturated rings. The van der Waals surface area contributed by atoms with Crippen molar-refractivity contribution in [3.8, 4) is 5.75 Å². The highest BCUT2D eigenvalue weighted by molar-refractivity contribution is 8.03. The first-order valence-corrected chi connectivity index (χ1v) is 8.08. The molecule has 0 unspecified atom stereocenters. The zero-order chi connectivity index (χ0) is 18.7. The van der Waals surface area contributed by atoms with Crippen molar-refractivity contribution in [2.24, 2.45) is 0 Å². The zero-order valence-electron chi connectivity index (χ0n) is 13.4. The Balaban J connectivity index is 1.95. The summed E-state index contributed by atoms with van der Waals surface area (Å²) in [6.07, 6.45) is 1.25. The lowest BCUT2D eigenvalue weighted by Crippen LogP contribution is -2.23. The number of ether oxygens (including phenoxy) is 1.